The Morgan fingerprint density at radius 2 is 2.04 bits per heavy atom. The maximum absolute atomic E-state index is 12.2. The minimum Gasteiger partial charge on any atom is -0.469 e. The highest BCUT2D eigenvalue weighted by Gasteiger charge is 2.30. The summed E-state index contributed by atoms with van der Waals surface area (Å²) in [5.41, 5.74) is -0.314. The van der Waals surface area contributed by atoms with E-state index in [2.05, 4.69) is 16.6 Å². The number of hydrogen-bond donors (Lipinski definition) is 1. The van der Waals surface area contributed by atoms with Gasteiger partial charge in [-0.15, -0.1) is 11.8 Å². The minimum atomic E-state index is -0.588. The third-order valence-electron chi connectivity index (χ3n) is 5.29. The molecule has 2 atom stereocenters. The van der Waals surface area contributed by atoms with E-state index in [0.717, 1.165) is 45.1 Å². The average molecular weight is 392 g/mol. The molecule has 0 aromatic heterocycles. The molecule has 0 radical (unpaired) electrons. The molecule has 1 aliphatic heterocycles. The maximum Gasteiger partial charge on any atom is 0.305 e. The lowest BCUT2D eigenvalue weighted by molar-refractivity contribution is -0.140. The topological polar surface area (TPSA) is 66.8 Å². The lowest BCUT2D eigenvalue weighted by Crippen LogP contribution is -2.33. The van der Waals surface area contributed by atoms with E-state index in [0.29, 0.717) is 19.3 Å². The molecule has 0 aromatic rings. The van der Waals surface area contributed by atoms with E-state index in [1.165, 1.54) is 7.11 Å². The zero-order valence-corrected chi connectivity index (χ0v) is 18.0. The SMILES string of the molecule is CCC#CCC(C)(C)C(O)/C=C/[C@H]1CCC(=O)N1CCCCCCC(=O)OC. The molecular weight excluding hydrogens is 354 g/mol. The molecule has 28 heavy (non-hydrogen) atoms. The van der Waals surface area contributed by atoms with Gasteiger partial charge in [-0.1, -0.05) is 45.8 Å². The lowest BCUT2D eigenvalue weighted by Gasteiger charge is -2.27. The van der Waals surface area contributed by atoms with Crippen LogP contribution in [0.25, 0.3) is 0 Å². The summed E-state index contributed by atoms with van der Waals surface area (Å²) >= 11 is 0. The van der Waals surface area contributed by atoms with E-state index < -0.39 is 6.10 Å². The van der Waals surface area contributed by atoms with E-state index in [1.807, 2.05) is 37.8 Å². The summed E-state index contributed by atoms with van der Waals surface area (Å²) in [6, 6.07) is 0.0646. The molecule has 0 spiro atoms. The van der Waals surface area contributed by atoms with Crippen LogP contribution in [0.5, 0.6) is 0 Å². The number of aliphatic hydroxyl groups excluding tert-OH is 1. The van der Waals surface area contributed by atoms with E-state index in [-0.39, 0.29) is 23.3 Å². The van der Waals surface area contributed by atoms with Gasteiger partial charge in [-0.05, 0) is 19.3 Å². The van der Waals surface area contributed by atoms with E-state index in [4.69, 9.17) is 0 Å². The van der Waals surface area contributed by atoms with Crippen molar-refractivity contribution >= 4 is 11.9 Å². The molecule has 1 N–H and O–H groups in total. The largest absolute Gasteiger partial charge is 0.469 e. The van der Waals surface area contributed by atoms with Gasteiger partial charge in [0, 0.05) is 37.6 Å². The molecule has 0 aliphatic carbocycles. The van der Waals surface area contributed by atoms with Crippen molar-refractivity contribution in [1.82, 2.24) is 4.90 Å². The van der Waals surface area contributed by atoms with Crippen molar-refractivity contribution in [3.8, 4) is 11.8 Å². The number of methoxy groups -OCH3 is 1. The van der Waals surface area contributed by atoms with Gasteiger partial charge in [-0.3, -0.25) is 9.59 Å². The number of ether oxygens (including phenoxy) is 1. The number of nitrogens with zero attached hydrogens (tertiary/aromatic N) is 1. The normalized spacial score (nSPS) is 18.2. The summed E-state index contributed by atoms with van der Waals surface area (Å²) in [5, 5.41) is 10.5. The Kier molecular flexibility index (Phi) is 10.9. The third kappa shape index (κ3) is 8.48. The molecule has 1 unspecified atom stereocenters. The van der Waals surface area contributed by atoms with Gasteiger partial charge in [0.05, 0.1) is 19.3 Å². The van der Waals surface area contributed by atoms with E-state index in [1.54, 1.807) is 0 Å². The molecule has 1 rings (SSSR count). The van der Waals surface area contributed by atoms with Crippen molar-refractivity contribution in [2.45, 2.75) is 90.7 Å². The van der Waals surface area contributed by atoms with Gasteiger partial charge < -0.3 is 14.7 Å². The van der Waals surface area contributed by atoms with Crippen LogP contribution >= 0.6 is 0 Å². The number of unbranched alkanes of at least 4 members (excludes halogenated alkanes) is 3. The highest BCUT2D eigenvalue weighted by Crippen LogP contribution is 2.27. The summed E-state index contributed by atoms with van der Waals surface area (Å²) < 4.78 is 4.64. The van der Waals surface area contributed by atoms with Crippen LogP contribution in [0, 0.1) is 17.3 Å². The Balaban J connectivity index is 2.45. The Morgan fingerprint density at radius 3 is 2.71 bits per heavy atom. The molecule has 5 heteroatoms. The van der Waals surface area contributed by atoms with Gasteiger partial charge in [0.2, 0.25) is 5.91 Å². The number of likely N-dealkylation sites (tertiary alicyclic amines) is 1. The standard InChI is InChI=1S/C23H37NO4/c1-5-6-10-17-23(2,3)20(25)15-13-19-14-16-21(26)24(19)18-11-8-7-9-12-22(27)28-4/h13,15,19-20,25H,5,7-9,11-12,14,16-18H2,1-4H3/b15-13+/t19-,20?/m0/s1. The molecule has 1 amide bonds. The maximum atomic E-state index is 12.2. The van der Waals surface area contributed by atoms with Crippen LogP contribution in [0.2, 0.25) is 0 Å². The molecule has 1 aliphatic rings. The van der Waals surface area contributed by atoms with Crippen molar-refractivity contribution in [1.29, 1.82) is 0 Å². The first-order valence-corrected chi connectivity index (χ1v) is 10.5. The van der Waals surface area contributed by atoms with Crippen molar-refractivity contribution in [3.05, 3.63) is 12.2 Å². The van der Waals surface area contributed by atoms with Crippen molar-refractivity contribution in [3.63, 3.8) is 0 Å². The van der Waals surface area contributed by atoms with Crippen LogP contribution in [-0.2, 0) is 14.3 Å². The quantitative estimate of drug-likeness (QED) is 0.251. The predicted molar refractivity (Wildman–Crippen MR) is 111 cm³/mol. The highest BCUT2D eigenvalue weighted by molar-refractivity contribution is 5.79. The molecule has 0 saturated carbocycles. The number of amides is 1. The number of hydrogen-bond acceptors (Lipinski definition) is 4. The van der Waals surface area contributed by atoms with E-state index >= 15 is 0 Å². The van der Waals surface area contributed by atoms with Gasteiger partial charge in [0.15, 0.2) is 0 Å². The second-order valence-electron chi connectivity index (χ2n) is 8.14. The Labute approximate surface area is 170 Å². The molecule has 1 heterocycles. The van der Waals surface area contributed by atoms with Crippen LogP contribution < -0.4 is 0 Å². The van der Waals surface area contributed by atoms with Crippen LogP contribution in [0.3, 0.4) is 0 Å². The van der Waals surface area contributed by atoms with Crippen molar-refractivity contribution in [2.24, 2.45) is 5.41 Å². The molecule has 0 aromatic carbocycles. The van der Waals surface area contributed by atoms with Gasteiger partial charge in [-0.25, -0.2) is 0 Å². The summed E-state index contributed by atoms with van der Waals surface area (Å²) in [6.45, 7) is 6.77. The molecule has 158 valence electrons. The van der Waals surface area contributed by atoms with E-state index in [9.17, 15) is 14.7 Å². The fraction of sp³-hybridized carbons (Fsp3) is 0.739. The summed E-state index contributed by atoms with van der Waals surface area (Å²) in [5.74, 6) is 6.19. The number of aliphatic hydroxyl groups is 1. The molecule has 1 saturated heterocycles. The smallest absolute Gasteiger partial charge is 0.305 e. The van der Waals surface area contributed by atoms with Crippen molar-refractivity contribution < 1.29 is 19.4 Å². The van der Waals surface area contributed by atoms with Gasteiger partial charge >= 0.3 is 5.97 Å². The second-order valence-corrected chi connectivity index (χ2v) is 8.14. The predicted octanol–water partition coefficient (Wildman–Crippen LogP) is 3.85. The van der Waals surface area contributed by atoms with Crippen LogP contribution in [0.4, 0.5) is 0 Å². The first-order chi connectivity index (χ1) is 13.3. The minimum absolute atomic E-state index is 0.0646. The first kappa shape index (κ1) is 24.2. The van der Waals surface area contributed by atoms with Crippen LogP contribution in [-0.4, -0.2) is 47.7 Å². The fourth-order valence-corrected chi connectivity index (χ4v) is 3.27. The van der Waals surface area contributed by atoms with Crippen molar-refractivity contribution in [2.75, 3.05) is 13.7 Å². The number of carbonyl (C=O) groups excluding carboxylic acids is 2. The molecule has 0 bridgehead atoms. The zero-order valence-electron chi connectivity index (χ0n) is 18.0. The van der Waals surface area contributed by atoms with Crippen LogP contribution in [0.15, 0.2) is 12.2 Å². The monoisotopic (exact) mass is 391 g/mol. The van der Waals surface area contributed by atoms with Gasteiger partial charge in [0.25, 0.3) is 0 Å². The molecule has 1 fully saturated rings. The lowest BCUT2D eigenvalue weighted by atomic mass is 9.83. The van der Waals surface area contributed by atoms with Crippen LogP contribution in [0.1, 0.15) is 78.6 Å². The average Bonchev–Trinajstić information content (AvgIpc) is 3.02. The summed E-state index contributed by atoms with van der Waals surface area (Å²) in [7, 11) is 1.41. The summed E-state index contributed by atoms with van der Waals surface area (Å²) in [6.07, 6.45) is 10.2. The van der Waals surface area contributed by atoms with Gasteiger partial charge in [0.1, 0.15) is 0 Å². The number of rotatable bonds is 11. The Hall–Kier alpha value is -1.80. The molecule has 5 nitrogen and oxygen atoms in total. The Morgan fingerprint density at radius 1 is 1.32 bits per heavy atom. The molecular formula is C23H37NO4. The number of carbonyl (C=O) groups is 2. The Bertz CT molecular complexity index is 585. The third-order valence-corrected chi connectivity index (χ3v) is 5.29. The second kappa shape index (κ2) is 12.6. The highest BCUT2D eigenvalue weighted by atomic mass is 16.5. The summed E-state index contributed by atoms with van der Waals surface area (Å²) in [4.78, 5) is 25.2. The zero-order chi connectivity index (χ0) is 21.0. The van der Waals surface area contributed by atoms with Gasteiger partial charge in [-0.2, -0.15) is 0 Å². The first-order valence-electron chi connectivity index (χ1n) is 10.5. The number of esters is 1. The fourth-order valence-electron chi connectivity index (χ4n) is 3.27.